The highest BCUT2D eigenvalue weighted by Gasteiger charge is 2.10. The van der Waals surface area contributed by atoms with Gasteiger partial charge in [-0.3, -0.25) is 0 Å². The van der Waals surface area contributed by atoms with Crippen LogP contribution in [0.4, 0.5) is 0 Å². The molecule has 4 rings (SSSR count). The molecule has 142 valence electrons. The first-order valence-electron chi connectivity index (χ1n) is 9.73. The Bertz CT molecular complexity index is 854. The van der Waals surface area contributed by atoms with E-state index in [2.05, 4.69) is 67.1 Å². The average molecular weight is 364 g/mol. The molecule has 3 aromatic rings. The SMILES string of the molecule is C=C(Cn1cccc1-c1cc2cccnc2[nH]1)NCCCN1CCNCC1. The molecule has 0 bridgehead atoms. The van der Waals surface area contributed by atoms with E-state index in [4.69, 9.17) is 0 Å². The third-order valence-electron chi connectivity index (χ3n) is 5.09. The van der Waals surface area contributed by atoms with Crippen LogP contribution in [0.5, 0.6) is 0 Å². The van der Waals surface area contributed by atoms with E-state index in [0.29, 0.717) is 0 Å². The summed E-state index contributed by atoms with van der Waals surface area (Å²) in [4.78, 5) is 10.3. The molecule has 0 radical (unpaired) electrons. The normalized spacial score (nSPS) is 15.3. The summed E-state index contributed by atoms with van der Waals surface area (Å²) in [5.41, 5.74) is 4.20. The van der Waals surface area contributed by atoms with Crippen LogP contribution in [-0.2, 0) is 6.54 Å². The number of aromatic amines is 1. The maximum Gasteiger partial charge on any atom is 0.137 e. The number of fused-ring (bicyclic) bond motifs is 1. The second-order valence-electron chi connectivity index (χ2n) is 7.12. The molecule has 0 aliphatic carbocycles. The van der Waals surface area contributed by atoms with Crippen LogP contribution >= 0.6 is 0 Å². The van der Waals surface area contributed by atoms with Crippen LogP contribution < -0.4 is 10.6 Å². The molecule has 1 saturated heterocycles. The number of pyridine rings is 1. The van der Waals surface area contributed by atoms with Crippen LogP contribution in [0.25, 0.3) is 22.4 Å². The molecule has 0 aromatic carbocycles. The minimum absolute atomic E-state index is 0.763. The van der Waals surface area contributed by atoms with E-state index in [9.17, 15) is 0 Å². The number of nitrogens with one attached hydrogen (secondary N) is 3. The molecule has 6 heteroatoms. The van der Waals surface area contributed by atoms with Crippen molar-refractivity contribution in [2.45, 2.75) is 13.0 Å². The lowest BCUT2D eigenvalue weighted by atomic mass is 10.2. The molecule has 1 aliphatic rings. The van der Waals surface area contributed by atoms with Gasteiger partial charge < -0.3 is 25.1 Å². The number of H-pyrrole nitrogens is 1. The van der Waals surface area contributed by atoms with Gasteiger partial charge in [-0.2, -0.15) is 0 Å². The van der Waals surface area contributed by atoms with Gasteiger partial charge >= 0.3 is 0 Å². The largest absolute Gasteiger partial charge is 0.387 e. The minimum Gasteiger partial charge on any atom is -0.387 e. The van der Waals surface area contributed by atoms with E-state index in [1.807, 2.05) is 12.3 Å². The molecule has 0 atom stereocenters. The monoisotopic (exact) mass is 364 g/mol. The van der Waals surface area contributed by atoms with Gasteiger partial charge in [0, 0.05) is 56.2 Å². The van der Waals surface area contributed by atoms with Crippen LogP contribution in [0, 0.1) is 0 Å². The Kier molecular flexibility index (Phi) is 5.55. The number of rotatable bonds is 8. The van der Waals surface area contributed by atoms with E-state index in [1.165, 1.54) is 0 Å². The number of hydrogen-bond donors (Lipinski definition) is 3. The Labute approximate surface area is 160 Å². The fourth-order valence-electron chi connectivity index (χ4n) is 3.66. The summed E-state index contributed by atoms with van der Waals surface area (Å²) in [6, 6.07) is 10.4. The molecule has 1 fully saturated rings. The van der Waals surface area contributed by atoms with E-state index in [-0.39, 0.29) is 0 Å². The van der Waals surface area contributed by atoms with E-state index in [0.717, 1.165) is 80.4 Å². The zero-order valence-electron chi connectivity index (χ0n) is 15.7. The Hall–Kier alpha value is -2.57. The third-order valence-corrected chi connectivity index (χ3v) is 5.09. The Balaban J connectivity index is 1.30. The van der Waals surface area contributed by atoms with Gasteiger partial charge in [0.15, 0.2) is 0 Å². The first-order valence-corrected chi connectivity index (χ1v) is 9.73. The lowest BCUT2D eigenvalue weighted by molar-refractivity contribution is 0.238. The number of allylic oxidation sites excluding steroid dienone is 1. The summed E-state index contributed by atoms with van der Waals surface area (Å²) < 4.78 is 2.22. The van der Waals surface area contributed by atoms with Gasteiger partial charge in [0.2, 0.25) is 0 Å². The predicted octanol–water partition coefficient (Wildman–Crippen LogP) is 2.43. The summed E-state index contributed by atoms with van der Waals surface area (Å²) in [6.07, 6.45) is 5.06. The Morgan fingerprint density at radius 2 is 2.11 bits per heavy atom. The molecule has 4 heterocycles. The summed E-state index contributed by atoms with van der Waals surface area (Å²) in [5.74, 6) is 0. The van der Waals surface area contributed by atoms with Gasteiger partial charge in [-0.1, -0.05) is 6.58 Å². The van der Waals surface area contributed by atoms with Crippen molar-refractivity contribution < 1.29 is 0 Å². The lowest BCUT2D eigenvalue weighted by Crippen LogP contribution is -2.44. The molecule has 6 nitrogen and oxygen atoms in total. The summed E-state index contributed by atoms with van der Waals surface area (Å²) in [7, 11) is 0. The summed E-state index contributed by atoms with van der Waals surface area (Å²) >= 11 is 0. The van der Waals surface area contributed by atoms with Crippen molar-refractivity contribution in [3.8, 4) is 11.4 Å². The molecule has 3 N–H and O–H groups in total. The van der Waals surface area contributed by atoms with Crippen molar-refractivity contribution in [2.24, 2.45) is 0 Å². The van der Waals surface area contributed by atoms with E-state index < -0.39 is 0 Å². The Morgan fingerprint density at radius 1 is 1.22 bits per heavy atom. The maximum atomic E-state index is 4.39. The fourth-order valence-corrected chi connectivity index (χ4v) is 3.66. The Morgan fingerprint density at radius 3 is 2.96 bits per heavy atom. The number of piperazine rings is 1. The van der Waals surface area contributed by atoms with Crippen molar-refractivity contribution >= 4 is 11.0 Å². The van der Waals surface area contributed by atoms with Crippen molar-refractivity contribution in [1.29, 1.82) is 0 Å². The first kappa shape index (κ1) is 17.8. The van der Waals surface area contributed by atoms with Gasteiger partial charge in [-0.15, -0.1) is 0 Å². The first-order chi connectivity index (χ1) is 13.3. The highest BCUT2D eigenvalue weighted by molar-refractivity contribution is 5.82. The van der Waals surface area contributed by atoms with Crippen LogP contribution in [-0.4, -0.2) is 58.7 Å². The van der Waals surface area contributed by atoms with Crippen LogP contribution in [0.1, 0.15) is 6.42 Å². The second-order valence-corrected chi connectivity index (χ2v) is 7.12. The number of hydrogen-bond acceptors (Lipinski definition) is 4. The van der Waals surface area contributed by atoms with Crippen LogP contribution in [0.2, 0.25) is 0 Å². The third kappa shape index (κ3) is 4.40. The van der Waals surface area contributed by atoms with Gasteiger partial charge in [-0.05, 0) is 43.3 Å². The van der Waals surface area contributed by atoms with Crippen molar-refractivity contribution in [1.82, 2.24) is 30.1 Å². The van der Waals surface area contributed by atoms with Crippen LogP contribution in [0.3, 0.4) is 0 Å². The maximum absolute atomic E-state index is 4.39. The smallest absolute Gasteiger partial charge is 0.137 e. The summed E-state index contributed by atoms with van der Waals surface area (Å²) in [6.45, 7) is 11.6. The van der Waals surface area contributed by atoms with Gasteiger partial charge in [0.1, 0.15) is 5.65 Å². The number of aromatic nitrogens is 3. The number of nitrogens with zero attached hydrogens (tertiary/aromatic N) is 3. The molecule has 0 spiro atoms. The van der Waals surface area contributed by atoms with Crippen LogP contribution in [0.15, 0.2) is 55.0 Å². The van der Waals surface area contributed by atoms with Gasteiger partial charge in [0.25, 0.3) is 0 Å². The highest BCUT2D eigenvalue weighted by atomic mass is 15.2. The molecule has 1 aliphatic heterocycles. The molecule has 3 aromatic heterocycles. The van der Waals surface area contributed by atoms with Crippen molar-refractivity contribution in [3.63, 3.8) is 0 Å². The van der Waals surface area contributed by atoms with Gasteiger partial charge in [0.05, 0.1) is 17.9 Å². The van der Waals surface area contributed by atoms with E-state index in [1.54, 1.807) is 0 Å². The second kappa shape index (κ2) is 8.41. The van der Waals surface area contributed by atoms with Gasteiger partial charge in [-0.25, -0.2) is 4.98 Å². The van der Waals surface area contributed by atoms with E-state index >= 15 is 0 Å². The van der Waals surface area contributed by atoms with Crippen molar-refractivity contribution in [3.05, 3.63) is 55.0 Å². The standard InChI is InChI=1S/C21H28N6/c1-17(23-8-4-11-26-13-9-22-10-14-26)16-27-12-3-6-20(27)19-15-18-5-2-7-24-21(18)25-19/h2-3,5-7,12,15,22-23H,1,4,8-11,13-14,16H2,(H,24,25). The quantitative estimate of drug-likeness (QED) is 0.537. The summed E-state index contributed by atoms with van der Waals surface area (Å²) in [5, 5.41) is 8.01. The van der Waals surface area contributed by atoms with Crippen molar-refractivity contribution in [2.75, 3.05) is 39.3 Å². The minimum atomic E-state index is 0.763. The molecule has 0 unspecified atom stereocenters. The zero-order valence-corrected chi connectivity index (χ0v) is 15.7. The zero-order chi connectivity index (χ0) is 18.5. The molecular weight excluding hydrogens is 336 g/mol. The topological polar surface area (TPSA) is 60.9 Å². The average Bonchev–Trinajstić information content (AvgIpc) is 3.32. The molecule has 0 saturated carbocycles. The molecule has 27 heavy (non-hydrogen) atoms. The molecular formula is C21H28N6. The highest BCUT2D eigenvalue weighted by Crippen LogP contribution is 2.23. The molecule has 0 amide bonds. The fraction of sp³-hybridized carbons (Fsp3) is 0.381. The lowest BCUT2D eigenvalue weighted by Gasteiger charge is -2.27. The predicted molar refractivity (Wildman–Crippen MR) is 111 cm³/mol.